The Morgan fingerprint density at radius 2 is 1.95 bits per heavy atom. The Hall–Kier alpha value is -1.73. The summed E-state index contributed by atoms with van der Waals surface area (Å²) in [6.07, 6.45) is 1.68. The Morgan fingerprint density at radius 3 is 2.43 bits per heavy atom. The Bertz CT molecular complexity index is 723. The van der Waals surface area contributed by atoms with E-state index in [1.165, 1.54) is 35.0 Å². The van der Waals surface area contributed by atoms with Crippen molar-refractivity contribution in [1.29, 1.82) is 0 Å². The Labute approximate surface area is 123 Å². The van der Waals surface area contributed by atoms with Crippen molar-refractivity contribution in [1.82, 2.24) is 9.55 Å². The number of hydrogen-bond acceptors (Lipinski definition) is 4. The third-order valence-corrected chi connectivity index (χ3v) is 5.69. The van der Waals surface area contributed by atoms with Crippen LogP contribution in [0.5, 0.6) is 0 Å². The molecule has 1 N–H and O–H groups in total. The van der Waals surface area contributed by atoms with Crippen LogP contribution in [0, 0.1) is 5.82 Å². The number of sulfone groups is 1. The average molecular weight is 312 g/mol. The van der Waals surface area contributed by atoms with Gasteiger partial charge in [0.05, 0.1) is 23.7 Å². The highest BCUT2D eigenvalue weighted by atomic mass is 32.2. The van der Waals surface area contributed by atoms with Crippen molar-refractivity contribution >= 4 is 9.84 Å². The van der Waals surface area contributed by atoms with Crippen LogP contribution in [0.1, 0.15) is 29.9 Å². The maximum Gasteiger partial charge on any atom is 0.228 e. The van der Waals surface area contributed by atoms with E-state index in [4.69, 9.17) is 5.11 Å². The number of benzene rings is 1. The maximum atomic E-state index is 13.0. The van der Waals surface area contributed by atoms with Crippen molar-refractivity contribution in [3.8, 4) is 0 Å². The van der Waals surface area contributed by atoms with E-state index in [9.17, 15) is 12.8 Å². The number of rotatable bonds is 5. The highest BCUT2D eigenvalue weighted by Gasteiger charge is 2.31. The van der Waals surface area contributed by atoms with E-state index in [0.29, 0.717) is 17.7 Å². The van der Waals surface area contributed by atoms with E-state index in [1.54, 1.807) is 14.0 Å². The zero-order valence-electron chi connectivity index (χ0n) is 11.8. The van der Waals surface area contributed by atoms with Gasteiger partial charge in [-0.1, -0.05) is 19.1 Å². The normalized spacial score (nSPS) is 13.3. The lowest BCUT2D eigenvalue weighted by molar-refractivity contribution is 0.271. The van der Waals surface area contributed by atoms with Gasteiger partial charge < -0.3 is 9.67 Å². The van der Waals surface area contributed by atoms with Gasteiger partial charge in [0.2, 0.25) is 15.0 Å². The lowest BCUT2D eigenvalue weighted by atomic mass is 10.1. The number of imidazole rings is 1. The van der Waals surface area contributed by atoms with Crippen LogP contribution in [0.2, 0.25) is 0 Å². The molecule has 0 bridgehead atoms. The second-order valence-electron chi connectivity index (χ2n) is 4.74. The largest absolute Gasteiger partial charge is 0.390 e. The summed E-state index contributed by atoms with van der Waals surface area (Å²) in [7, 11) is -2.17. The molecule has 0 saturated heterocycles. The average Bonchev–Trinajstić information content (AvgIpc) is 2.83. The van der Waals surface area contributed by atoms with Crippen molar-refractivity contribution < 1.29 is 17.9 Å². The van der Waals surface area contributed by atoms with Gasteiger partial charge in [-0.2, -0.15) is 0 Å². The van der Waals surface area contributed by atoms with Gasteiger partial charge in [-0.15, -0.1) is 0 Å². The molecule has 0 aliphatic carbocycles. The first kappa shape index (κ1) is 15.7. The molecule has 0 unspecified atom stereocenters. The molecule has 2 rings (SSSR count). The van der Waals surface area contributed by atoms with E-state index in [1.807, 2.05) is 0 Å². The summed E-state index contributed by atoms with van der Waals surface area (Å²) < 4.78 is 39.8. The van der Waals surface area contributed by atoms with Crippen molar-refractivity contribution in [2.45, 2.75) is 30.4 Å². The van der Waals surface area contributed by atoms with Crippen LogP contribution in [-0.4, -0.2) is 23.1 Å². The molecule has 2 aromatic rings. The smallest absolute Gasteiger partial charge is 0.228 e. The van der Waals surface area contributed by atoms with Gasteiger partial charge in [0.15, 0.2) is 0 Å². The minimum absolute atomic E-state index is 0.0947. The highest BCUT2D eigenvalue weighted by molar-refractivity contribution is 7.91. The van der Waals surface area contributed by atoms with Crippen LogP contribution in [0.3, 0.4) is 0 Å². The molecule has 114 valence electrons. The van der Waals surface area contributed by atoms with Gasteiger partial charge in [0.25, 0.3) is 0 Å². The van der Waals surface area contributed by atoms with Crippen LogP contribution >= 0.6 is 0 Å². The van der Waals surface area contributed by atoms with Gasteiger partial charge in [0, 0.05) is 7.05 Å². The molecule has 1 heterocycles. The Kier molecular flexibility index (Phi) is 4.43. The number of hydrogen-bond donors (Lipinski definition) is 1. The van der Waals surface area contributed by atoms with Crippen molar-refractivity contribution in [3.05, 3.63) is 47.5 Å². The molecule has 1 aromatic heterocycles. The van der Waals surface area contributed by atoms with E-state index in [2.05, 4.69) is 4.98 Å². The number of nitrogens with zero attached hydrogens (tertiary/aromatic N) is 2. The molecule has 0 radical (unpaired) electrons. The number of aromatic nitrogens is 2. The summed E-state index contributed by atoms with van der Waals surface area (Å²) in [6, 6.07) is 5.42. The maximum absolute atomic E-state index is 13.0. The van der Waals surface area contributed by atoms with E-state index < -0.39 is 20.9 Å². The fraction of sp³-hybridized carbons (Fsp3) is 0.357. The summed E-state index contributed by atoms with van der Waals surface area (Å²) >= 11 is 0. The molecule has 0 aliphatic heterocycles. The highest BCUT2D eigenvalue weighted by Crippen LogP contribution is 2.31. The minimum Gasteiger partial charge on any atom is -0.390 e. The molecule has 0 amide bonds. The lowest BCUT2D eigenvalue weighted by Gasteiger charge is -2.16. The predicted octanol–water partition coefficient (Wildman–Crippen LogP) is 1.98. The van der Waals surface area contributed by atoms with Crippen LogP contribution in [0.4, 0.5) is 4.39 Å². The van der Waals surface area contributed by atoms with E-state index in [-0.39, 0.29) is 11.8 Å². The second-order valence-corrected chi connectivity index (χ2v) is 6.77. The summed E-state index contributed by atoms with van der Waals surface area (Å²) in [4.78, 5) is 3.91. The molecular weight excluding hydrogens is 295 g/mol. The zero-order chi connectivity index (χ0) is 15.6. The van der Waals surface area contributed by atoms with Crippen molar-refractivity contribution in [2.75, 3.05) is 0 Å². The van der Waals surface area contributed by atoms with Crippen LogP contribution in [0.25, 0.3) is 0 Å². The molecule has 0 spiro atoms. The molecular formula is C14H17FN2O3S. The molecule has 7 heteroatoms. The summed E-state index contributed by atoms with van der Waals surface area (Å²) in [5.74, 6) is -0.412. The monoisotopic (exact) mass is 312 g/mol. The molecule has 0 aliphatic rings. The summed E-state index contributed by atoms with van der Waals surface area (Å²) in [6.45, 7) is 1.47. The first-order valence-electron chi connectivity index (χ1n) is 6.52. The molecule has 0 fully saturated rings. The van der Waals surface area contributed by atoms with Crippen molar-refractivity contribution in [3.63, 3.8) is 0 Å². The number of aliphatic hydroxyl groups excluding tert-OH is 1. The Balaban J connectivity index is 2.49. The Morgan fingerprint density at radius 1 is 1.33 bits per heavy atom. The third kappa shape index (κ3) is 2.84. The van der Waals surface area contributed by atoms with E-state index in [0.717, 1.165) is 0 Å². The van der Waals surface area contributed by atoms with Crippen LogP contribution in [-0.2, 0) is 23.5 Å². The molecule has 5 nitrogen and oxygen atoms in total. The molecule has 1 atom stereocenters. The zero-order valence-corrected chi connectivity index (χ0v) is 12.6. The standard InChI is InChI=1S/C14H17FN2O3S/c1-3-13(10-4-6-11(15)7-5-10)21(19,20)14-16-8-12(9-18)17(14)2/h4-8,13,18H,3,9H2,1-2H3/t13-/m0/s1. The molecule has 1 aromatic carbocycles. The van der Waals surface area contributed by atoms with Gasteiger partial charge in [-0.3, -0.25) is 0 Å². The molecule has 0 saturated carbocycles. The lowest BCUT2D eigenvalue weighted by Crippen LogP contribution is -2.18. The SMILES string of the molecule is CC[C@@H](c1ccc(F)cc1)S(=O)(=O)c1ncc(CO)n1C. The topological polar surface area (TPSA) is 72.2 Å². The fourth-order valence-corrected chi connectivity index (χ4v) is 4.18. The van der Waals surface area contributed by atoms with E-state index >= 15 is 0 Å². The fourth-order valence-electron chi connectivity index (χ4n) is 2.28. The first-order chi connectivity index (χ1) is 9.91. The molecule has 21 heavy (non-hydrogen) atoms. The van der Waals surface area contributed by atoms with Gasteiger partial charge >= 0.3 is 0 Å². The first-order valence-corrected chi connectivity index (χ1v) is 8.07. The second kappa shape index (κ2) is 5.95. The van der Waals surface area contributed by atoms with Crippen molar-refractivity contribution in [2.24, 2.45) is 7.05 Å². The van der Waals surface area contributed by atoms with Crippen LogP contribution in [0.15, 0.2) is 35.6 Å². The third-order valence-electron chi connectivity index (χ3n) is 3.45. The minimum atomic E-state index is -3.72. The quantitative estimate of drug-likeness (QED) is 0.916. The number of halogens is 1. The van der Waals surface area contributed by atoms with Gasteiger partial charge in [-0.05, 0) is 24.1 Å². The number of aliphatic hydroxyl groups is 1. The van der Waals surface area contributed by atoms with Crippen LogP contribution < -0.4 is 0 Å². The predicted molar refractivity (Wildman–Crippen MR) is 75.7 cm³/mol. The van der Waals surface area contributed by atoms with Gasteiger partial charge in [-0.25, -0.2) is 17.8 Å². The summed E-state index contributed by atoms with van der Waals surface area (Å²) in [5, 5.41) is 8.25. The summed E-state index contributed by atoms with van der Waals surface area (Å²) in [5.41, 5.74) is 0.940. The van der Waals surface area contributed by atoms with Gasteiger partial charge in [0.1, 0.15) is 5.82 Å².